The number of hydrogen-bond acceptors (Lipinski definition) is 4. The van der Waals surface area contributed by atoms with Crippen molar-refractivity contribution in [2.45, 2.75) is 26.7 Å². The Kier molecular flexibility index (Phi) is 4.81. The molecule has 0 spiro atoms. The minimum absolute atomic E-state index is 0.213. The normalized spacial score (nSPS) is 13.8. The highest BCUT2D eigenvalue weighted by Gasteiger charge is 2.20. The first-order valence-electron chi connectivity index (χ1n) is 9.38. The Morgan fingerprint density at radius 2 is 1.89 bits per heavy atom. The maximum absolute atomic E-state index is 14.5. The van der Waals surface area contributed by atoms with Crippen LogP contribution in [0.2, 0.25) is 0 Å². The highest BCUT2D eigenvalue weighted by molar-refractivity contribution is 6.03. The fourth-order valence-corrected chi connectivity index (χ4v) is 3.53. The molecule has 3 aromatic rings. The van der Waals surface area contributed by atoms with Crippen molar-refractivity contribution in [3.8, 4) is 5.69 Å². The molecule has 28 heavy (non-hydrogen) atoms. The van der Waals surface area contributed by atoms with E-state index in [1.54, 1.807) is 23.7 Å². The van der Waals surface area contributed by atoms with Gasteiger partial charge in [-0.25, -0.2) is 9.07 Å². The summed E-state index contributed by atoms with van der Waals surface area (Å²) in [4.78, 5) is 14.7. The Bertz CT molecular complexity index is 1020. The molecule has 1 aromatic heterocycles. The molecule has 2 heterocycles. The molecule has 1 saturated heterocycles. The van der Waals surface area contributed by atoms with Crippen molar-refractivity contribution in [2.24, 2.45) is 0 Å². The Labute approximate surface area is 163 Å². The summed E-state index contributed by atoms with van der Waals surface area (Å²) >= 11 is 0. The largest absolute Gasteiger partial charge is 0.369 e. The van der Waals surface area contributed by atoms with Crippen LogP contribution < -0.4 is 10.2 Å². The maximum atomic E-state index is 14.5. The van der Waals surface area contributed by atoms with E-state index in [2.05, 4.69) is 15.6 Å². The van der Waals surface area contributed by atoms with Crippen LogP contribution in [0.4, 0.5) is 15.8 Å². The summed E-state index contributed by atoms with van der Waals surface area (Å²) in [5.41, 5.74) is 3.74. The van der Waals surface area contributed by atoms with Gasteiger partial charge < -0.3 is 10.2 Å². The molecule has 0 bridgehead atoms. The van der Waals surface area contributed by atoms with Crippen LogP contribution >= 0.6 is 0 Å². The van der Waals surface area contributed by atoms with Gasteiger partial charge in [-0.15, -0.1) is 5.10 Å². The predicted molar refractivity (Wildman–Crippen MR) is 107 cm³/mol. The highest BCUT2D eigenvalue weighted by atomic mass is 19.1. The lowest BCUT2D eigenvalue weighted by atomic mass is 10.2. The molecule has 0 saturated carbocycles. The molecule has 1 fully saturated rings. The first kappa shape index (κ1) is 18.2. The lowest BCUT2D eigenvalue weighted by Crippen LogP contribution is -2.19. The van der Waals surface area contributed by atoms with Gasteiger partial charge in [0, 0.05) is 18.8 Å². The quantitative estimate of drug-likeness (QED) is 0.747. The smallest absolute Gasteiger partial charge is 0.278 e. The number of nitrogens with one attached hydrogen (secondary N) is 1. The van der Waals surface area contributed by atoms with E-state index in [1.807, 2.05) is 36.1 Å². The van der Waals surface area contributed by atoms with Gasteiger partial charge >= 0.3 is 0 Å². The number of aromatic nitrogens is 3. The molecular weight excluding hydrogens is 357 g/mol. The average molecular weight is 379 g/mol. The number of aryl methyl sites for hydroxylation is 1. The van der Waals surface area contributed by atoms with Crippen molar-refractivity contribution in [2.75, 3.05) is 23.3 Å². The van der Waals surface area contributed by atoms with E-state index in [1.165, 1.54) is 6.07 Å². The summed E-state index contributed by atoms with van der Waals surface area (Å²) in [6, 6.07) is 12.6. The van der Waals surface area contributed by atoms with E-state index in [9.17, 15) is 9.18 Å². The molecule has 1 amide bonds. The molecule has 7 heteroatoms. The minimum atomic E-state index is -0.412. The first-order chi connectivity index (χ1) is 13.5. The van der Waals surface area contributed by atoms with Crippen LogP contribution in [0.5, 0.6) is 0 Å². The highest BCUT2D eigenvalue weighted by Crippen LogP contribution is 2.26. The zero-order valence-corrected chi connectivity index (χ0v) is 15.9. The molecule has 144 valence electrons. The topological polar surface area (TPSA) is 63.1 Å². The van der Waals surface area contributed by atoms with E-state index in [0.717, 1.165) is 37.2 Å². The molecular formula is C21H22FN5O. The van der Waals surface area contributed by atoms with Crippen molar-refractivity contribution in [1.82, 2.24) is 15.0 Å². The minimum Gasteiger partial charge on any atom is -0.369 e. The zero-order chi connectivity index (χ0) is 19.7. The van der Waals surface area contributed by atoms with Crippen LogP contribution in [0.1, 0.15) is 34.6 Å². The van der Waals surface area contributed by atoms with Gasteiger partial charge in [0.25, 0.3) is 5.91 Å². The Morgan fingerprint density at radius 1 is 1.11 bits per heavy atom. The first-order valence-corrected chi connectivity index (χ1v) is 9.38. The molecule has 1 aliphatic heterocycles. The van der Waals surface area contributed by atoms with Gasteiger partial charge in [-0.3, -0.25) is 4.79 Å². The SMILES string of the molecule is Cc1cccc(-n2nnc(C(=O)Nc3ccc(N4CCCC4)c(F)c3)c2C)c1. The fourth-order valence-electron chi connectivity index (χ4n) is 3.53. The van der Waals surface area contributed by atoms with Crippen LogP contribution in [0.25, 0.3) is 5.69 Å². The van der Waals surface area contributed by atoms with Gasteiger partial charge in [0.15, 0.2) is 5.69 Å². The number of carbonyl (C=O) groups excluding carboxylic acids is 1. The van der Waals surface area contributed by atoms with Gasteiger partial charge in [-0.05, 0) is 62.6 Å². The molecule has 1 N–H and O–H groups in total. The van der Waals surface area contributed by atoms with Crippen LogP contribution in [0.3, 0.4) is 0 Å². The third kappa shape index (κ3) is 3.47. The van der Waals surface area contributed by atoms with E-state index in [-0.39, 0.29) is 11.5 Å². The molecule has 1 aliphatic rings. The van der Waals surface area contributed by atoms with E-state index >= 15 is 0 Å². The molecule has 4 rings (SSSR count). The number of halogens is 1. The van der Waals surface area contributed by atoms with Crippen LogP contribution in [0.15, 0.2) is 42.5 Å². The molecule has 0 atom stereocenters. The molecule has 2 aromatic carbocycles. The Hall–Kier alpha value is -3.22. The fraction of sp³-hybridized carbons (Fsp3) is 0.286. The summed E-state index contributed by atoms with van der Waals surface area (Å²) in [5, 5.41) is 10.8. The molecule has 0 aliphatic carbocycles. The third-order valence-corrected chi connectivity index (χ3v) is 5.01. The summed E-state index contributed by atoms with van der Waals surface area (Å²) in [7, 11) is 0. The summed E-state index contributed by atoms with van der Waals surface area (Å²) in [6.45, 7) is 5.51. The van der Waals surface area contributed by atoms with Gasteiger partial charge in [-0.1, -0.05) is 17.3 Å². The monoisotopic (exact) mass is 379 g/mol. The van der Waals surface area contributed by atoms with Crippen LogP contribution in [0, 0.1) is 19.7 Å². The third-order valence-electron chi connectivity index (χ3n) is 5.01. The Morgan fingerprint density at radius 3 is 2.61 bits per heavy atom. The van der Waals surface area contributed by atoms with Crippen molar-refractivity contribution in [1.29, 1.82) is 0 Å². The predicted octanol–water partition coefficient (Wildman–Crippen LogP) is 3.88. The molecule has 6 nitrogen and oxygen atoms in total. The van der Waals surface area contributed by atoms with Gasteiger partial charge in [0.05, 0.1) is 17.1 Å². The summed E-state index contributed by atoms with van der Waals surface area (Å²) in [5.74, 6) is -0.746. The standard InChI is InChI=1S/C21H22FN5O/c1-14-6-5-7-17(12-14)27-15(2)20(24-25-27)21(28)23-16-8-9-19(18(22)13-16)26-10-3-4-11-26/h5-9,12-13H,3-4,10-11H2,1-2H3,(H,23,28). The lowest BCUT2D eigenvalue weighted by molar-refractivity contribution is 0.102. The van der Waals surface area contributed by atoms with E-state index in [4.69, 9.17) is 0 Å². The van der Waals surface area contributed by atoms with Gasteiger partial charge in [-0.2, -0.15) is 0 Å². The summed E-state index contributed by atoms with van der Waals surface area (Å²) in [6.07, 6.45) is 2.15. The number of carbonyl (C=O) groups is 1. The van der Waals surface area contributed by atoms with Crippen molar-refractivity contribution < 1.29 is 9.18 Å². The van der Waals surface area contributed by atoms with E-state index < -0.39 is 5.91 Å². The molecule has 0 radical (unpaired) electrons. The van der Waals surface area contributed by atoms with Crippen LogP contribution in [-0.2, 0) is 0 Å². The van der Waals surface area contributed by atoms with E-state index in [0.29, 0.717) is 17.1 Å². The number of anilines is 2. The van der Waals surface area contributed by atoms with Gasteiger partial charge in [0.1, 0.15) is 5.82 Å². The number of rotatable bonds is 4. The second-order valence-corrected chi connectivity index (χ2v) is 7.09. The number of nitrogens with zero attached hydrogens (tertiary/aromatic N) is 4. The van der Waals surface area contributed by atoms with Crippen LogP contribution in [-0.4, -0.2) is 34.0 Å². The lowest BCUT2D eigenvalue weighted by Gasteiger charge is -2.18. The molecule has 0 unspecified atom stereocenters. The average Bonchev–Trinajstić information content (AvgIpc) is 3.31. The van der Waals surface area contributed by atoms with Crippen molar-refractivity contribution >= 4 is 17.3 Å². The zero-order valence-electron chi connectivity index (χ0n) is 15.9. The Balaban J connectivity index is 1.53. The number of amides is 1. The second-order valence-electron chi connectivity index (χ2n) is 7.09. The van der Waals surface area contributed by atoms with Gasteiger partial charge in [0.2, 0.25) is 0 Å². The van der Waals surface area contributed by atoms with Crippen molar-refractivity contribution in [3.05, 3.63) is 65.2 Å². The summed E-state index contributed by atoms with van der Waals surface area (Å²) < 4.78 is 16.1. The number of benzene rings is 2. The maximum Gasteiger partial charge on any atom is 0.278 e. The second kappa shape index (κ2) is 7.42. The number of hydrogen-bond donors (Lipinski definition) is 1. The van der Waals surface area contributed by atoms with Crippen molar-refractivity contribution in [3.63, 3.8) is 0 Å².